The summed E-state index contributed by atoms with van der Waals surface area (Å²) in [6.07, 6.45) is 1.01. The summed E-state index contributed by atoms with van der Waals surface area (Å²) in [5.41, 5.74) is 0.867. The first kappa shape index (κ1) is 26.8. The van der Waals surface area contributed by atoms with Crippen molar-refractivity contribution in [1.82, 2.24) is 10.2 Å². The van der Waals surface area contributed by atoms with E-state index in [-0.39, 0.29) is 12.2 Å². The Morgan fingerprint density at radius 2 is 1.79 bits per heavy atom. The Morgan fingerprint density at radius 3 is 2.36 bits per heavy atom. The molecule has 0 radical (unpaired) electrons. The first-order valence-corrected chi connectivity index (χ1v) is 12.7. The zero-order chi connectivity index (χ0) is 24.8. The molecule has 180 valence electrons. The van der Waals surface area contributed by atoms with Gasteiger partial charge in [0.1, 0.15) is 18.3 Å². The number of rotatable bonds is 10. The number of hydrogen-bond acceptors (Lipinski definition) is 5. The van der Waals surface area contributed by atoms with Crippen molar-refractivity contribution in [1.29, 1.82) is 0 Å². The van der Waals surface area contributed by atoms with Gasteiger partial charge >= 0.3 is 0 Å². The molecule has 33 heavy (non-hydrogen) atoms. The molecule has 2 aromatic carbocycles. The van der Waals surface area contributed by atoms with E-state index in [0.717, 1.165) is 10.6 Å². The molecule has 0 heterocycles. The predicted octanol–water partition coefficient (Wildman–Crippen LogP) is 3.32. The van der Waals surface area contributed by atoms with Crippen LogP contribution in [0.5, 0.6) is 5.75 Å². The topological polar surface area (TPSA) is 96.0 Å². The molecule has 0 saturated heterocycles. The number of carbonyl (C=O) groups excluding carboxylic acids is 2. The predicted molar refractivity (Wildman–Crippen MR) is 130 cm³/mol. The molecule has 0 aliphatic heterocycles. The molecule has 0 saturated carbocycles. The van der Waals surface area contributed by atoms with Crippen LogP contribution in [-0.4, -0.2) is 57.6 Å². The van der Waals surface area contributed by atoms with Crippen LogP contribution < -0.4 is 14.4 Å². The number of carbonyl (C=O) groups is 2. The summed E-state index contributed by atoms with van der Waals surface area (Å²) in [6.45, 7) is 3.16. The van der Waals surface area contributed by atoms with Crippen molar-refractivity contribution in [2.75, 3.05) is 30.8 Å². The van der Waals surface area contributed by atoms with E-state index in [9.17, 15) is 18.0 Å². The lowest BCUT2D eigenvalue weighted by atomic mass is 10.1. The van der Waals surface area contributed by atoms with E-state index in [0.29, 0.717) is 28.0 Å². The Morgan fingerprint density at radius 1 is 1.12 bits per heavy atom. The van der Waals surface area contributed by atoms with Gasteiger partial charge < -0.3 is 15.0 Å². The number of para-hydroxylation sites is 2. The number of nitrogens with zero attached hydrogens (tertiary/aromatic N) is 2. The fourth-order valence-electron chi connectivity index (χ4n) is 3.16. The Bertz CT molecular complexity index is 1110. The van der Waals surface area contributed by atoms with Gasteiger partial charge in [-0.15, -0.1) is 0 Å². The monoisotopic (exact) mass is 515 g/mol. The van der Waals surface area contributed by atoms with Crippen LogP contribution in [0.15, 0.2) is 42.5 Å². The smallest absolute Gasteiger partial charge is 0.244 e. The van der Waals surface area contributed by atoms with Crippen LogP contribution in [0.1, 0.15) is 19.4 Å². The first-order chi connectivity index (χ1) is 15.5. The summed E-state index contributed by atoms with van der Waals surface area (Å²) in [6, 6.07) is 10.5. The van der Waals surface area contributed by atoms with Crippen LogP contribution in [-0.2, 0) is 26.2 Å². The summed E-state index contributed by atoms with van der Waals surface area (Å²) in [5.74, 6) is -0.647. The molecule has 11 heteroatoms. The van der Waals surface area contributed by atoms with Crippen molar-refractivity contribution >= 4 is 50.7 Å². The van der Waals surface area contributed by atoms with Crippen molar-refractivity contribution in [3.63, 3.8) is 0 Å². The molecule has 1 N–H and O–H groups in total. The van der Waals surface area contributed by atoms with Gasteiger partial charge in [-0.3, -0.25) is 13.9 Å². The third kappa shape index (κ3) is 6.99. The third-order valence-electron chi connectivity index (χ3n) is 4.86. The van der Waals surface area contributed by atoms with Crippen molar-refractivity contribution in [3.8, 4) is 5.75 Å². The molecule has 2 amide bonds. The summed E-state index contributed by atoms with van der Waals surface area (Å²) in [5, 5.41) is 3.17. The molecule has 0 spiro atoms. The van der Waals surface area contributed by atoms with Crippen LogP contribution >= 0.6 is 23.2 Å². The molecular weight excluding hydrogens is 489 g/mol. The van der Waals surface area contributed by atoms with E-state index in [2.05, 4.69) is 5.32 Å². The molecule has 1 unspecified atom stereocenters. The summed E-state index contributed by atoms with van der Waals surface area (Å²) in [7, 11) is -2.40. The summed E-state index contributed by atoms with van der Waals surface area (Å²) >= 11 is 12.1. The van der Waals surface area contributed by atoms with Gasteiger partial charge in [0.15, 0.2) is 0 Å². The largest absolute Gasteiger partial charge is 0.492 e. The van der Waals surface area contributed by atoms with Crippen LogP contribution in [0.25, 0.3) is 0 Å². The van der Waals surface area contributed by atoms with E-state index in [1.165, 1.54) is 11.9 Å². The summed E-state index contributed by atoms with van der Waals surface area (Å²) in [4.78, 5) is 27.0. The maximum absolute atomic E-state index is 13.4. The second-order valence-electron chi connectivity index (χ2n) is 7.23. The molecule has 1 atom stereocenters. The van der Waals surface area contributed by atoms with Gasteiger partial charge in [-0.2, -0.15) is 0 Å². The Kier molecular flexibility index (Phi) is 9.39. The molecule has 2 aromatic rings. The van der Waals surface area contributed by atoms with Crippen LogP contribution in [0, 0.1) is 0 Å². The van der Waals surface area contributed by atoms with Gasteiger partial charge in [0.2, 0.25) is 21.8 Å². The third-order valence-corrected chi connectivity index (χ3v) is 6.73. The van der Waals surface area contributed by atoms with E-state index in [1.807, 2.05) is 0 Å². The number of anilines is 1. The van der Waals surface area contributed by atoms with Gasteiger partial charge in [0, 0.05) is 13.6 Å². The maximum Gasteiger partial charge on any atom is 0.244 e. The highest BCUT2D eigenvalue weighted by atomic mass is 35.5. The molecule has 2 rings (SSSR count). The number of ether oxygens (including phenoxy) is 1. The molecule has 0 aromatic heterocycles. The number of benzene rings is 2. The van der Waals surface area contributed by atoms with Gasteiger partial charge in [-0.25, -0.2) is 8.42 Å². The van der Waals surface area contributed by atoms with Gasteiger partial charge in [-0.05, 0) is 43.7 Å². The standard InChI is InChI=1S/C22H27Cl2N3O5S/c1-5-32-20-9-7-6-8-19(20)27(33(4,30)31)14-21(28)26(15(2)22(29)25-3)13-16-10-11-17(23)18(24)12-16/h6-12,15H,5,13-14H2,1-4H3,(H,25,29). The van der Waals surface area contributed by atoms with Crippen molar-refractivity contribution in [2.24, 2.45) is 0 Å². The molecular formula is C22H27Cl2N3O5S. The molecule has 0 aliphatic carbocycles. The van der Waals surface area contributed by atoms with Gasteiger partial charge in [-0.1, -0.05) is 41.4 Å². The quantitative estimate of drug-likeness (QED) is 0.523. The summed E-state index contributed by atoms with van der Waals surface area (Å²) < 4.78 is 31.8. The lowest BCUT2D eigenvalue weighted by molar-refractivity contribution is -0.139. The molecule has 0 fully saturated rings. The van der Waals surface area contributed by atoms with Crippen LogP contribution in [0.3, 0.4) is 0 Å². The van der Waals surface area contributed by atoms with E-state index in [1.54, 1.807) is 56.3 Å². The normalized spacial score (nSPS) is 12.1. The lowest BCUT2D eigenvalue weighted by Crippen LogP contribution is -2.50. The Hall–Kier alpha value is -2.49. The average Bonchev–Trinajstić information content (AvgIpc) is 2.77. The SMILES string of the molecule is CCOc1ccccc1N(CC(=O)N(Cc1ccc(Cl)c(Cl)c1)C(C)C(=O)NC)S(C)(=O)=O. The lowest BCUT2D eigenvalue weighted by Gasteiger charge is -2.31. The number of nitrogens with one attached hydrogen (secondary N) is 1. The van der Waals surface area contributed by atoms with Gasteiger partial charge in [0.05, 0.1) is 28.6 Å². The highest BCUT2D eigenvalue weighted by Crippen LogP contribution is 2.30. The highest BCUT2D eigenvalue weighted by Gasteiger charge is 2.30. The zero-order valence-corrected chi connectivity index (χ0v) is 21.2. The van der Waals surface area contributed by atoms with Crippen molar-refractivity contribution in [3.05, 3.63) is 58.1 Å². The average molecular weight is 516 g/mol. The van der Waals surface area contributed by atoms with E-state index >= 15 is 0 Å². The van der Waals surface area contributed by atoms with E-state index < -0.39 is 34.4 Å². The minimum atomic E-state index is -3.86. The van der Waals surface area contributed by atoms with Gasteiger partial charge in [0.25, 0.3) is 0 Å². The highest BCUT2D eigenvalue weighted by molar-refractivity contribution is 7.92. The first-order valence-electron chi connectivity index (χ1n) is 10.1. The number of likely N-dealkylation sites (N-methyl/N-ethyl adjacent to an activating group) is 1. The Labute approximate surface area is 204 Å². The molecule has 8 nitrogen and oxygen atoms in total. The number of sulfonamides is 1. The fraction of sp³-hybridized carbons (Fsp3) is 0.364. The minimum Gasteiger partial charge on any atom is -0.492 e. The Balaban J connectivity index is 2.44. The van der Waals surface area contributed by atoms with Crippen LogP contribution in [0.2, 0.25) is 10.0 Å². The minimum absolute atomic E-state index is 0.0228. The van der Waals surface area contributed by atoms with Crippen LogP contribution in [0.4, 0.5) is 5.69 Å². The fourth-order valence-corrected chi connectivity index (χ4v) is 4.34. The molecule has 0 aliphatic rings. The number of amides is 2. The number of halogens is 2. The molecule has 0 bridgehead atoms. The second kappa shape index (κ2) is 11.6. The van der Waals surface area contributed by atoms with Crippen molar-refractivity contribution in [2.45, 2.75) is 26.4 Å². The number of hydrogen-bond donors (Lipinski definition) is 1. The van der Waals surface area contributed by atoms with E-state index in [4.69, 9.17) is 27.9 Å². The second-order valence-corrected chi connectivity index (χ2v) is 9.95. The zero-order valence-electron chi connectivity index (χ0n) is 18.8. The maximum atomic E-state index is 13.4. The van der Waals surface area contributed by atoms with Crippen molar-refractivity contribution < 1.29 is 22.7 Å².